The van der Waals surface area contributed by atoms with E-state index in [1.807, 2.05) is 54.6 Å². The molecule has 0 saturated carbocycles. The van der Waals surface area contributed by atoms with Crippen molar-refractivity contribution in [1.82, 2.24) is 9.97 Å². The lowest BCUT2D eigenvalue weighted by Crippen LogP contribution is -1.79. The molecule has 3 rings (SSSR count). The average Bonchev–Trinajstić information content (AvgIpc) is 2.61. The highest BCUT2D eigenvalue weighted by Gasteiger charge is 1.92. The van der Waals surface area contributed by atoms with Gasteiger partial charge in [0.15, 0.2) is 5.82 Å². The molecule has 0 atom stereocenters. The number of hydrogen-bond acceptors (Lipinski definition) is 4. The Bertz CT molecular complexity index is 814. The molecule has 0 unspecified atom stereocenters. The monoisotopic (exact) mass is 284 g/mol. The summed E-state index contributed by atoms with van der Waals surface area (Å²) in [5, 5.41) is 8.21. The van der Waals surface area contributed by atoms with Crippen LogP contribution in [-0.2, 0) is 0 Å². The Hall–Kier alpha value is -3.32. The second-order valence-electron chi connectivity index (χ2n) is 4.40. The minimum Gasteiger partial charge on any atom is -0.248 e. The Morgan fingerprint density at radius 1 is 0.682 bits per heavy atom. The fraction of sp³-hybridized carbons (Fsp3) is 0. The number of azo groups is 1. The molecular formula is C18H12N4. The van der Waals surface area contributed by atoms with Crippen LogP contribution in [0.25, 0.3) is 0 Å². The van der Waals surface area contributed by atoms with E-state index in [-0.39, 0.29) is 0 Å². The van der Waals surface area contributed by atoms with E-state index < -0.39 is 0 Å². The quantitative estimate of drug-likeness (QED) is 0.520. The molecule has 22 heavy (non-hydrogen) atoms. The van der Waals surface area contributed by atoms with Crippen molar-refractivity contribution in [3.8, 4) is 11.8 Å². The number of hydrogen-bond donors (Lipinski definition) is 0. The molecule has 0 aliphatic heterocycles. The van der Waals surface area contributed by atoms with Gasteiger partial charge < -0.3 is 0 Å². The fourth-order valence-corrected chi connectivity index (χ4v) is 1.71. The van der Waals surface area contributed by atoms with Crippen LogP contribution in [0.1, 0.15) is 11.3 Å². The highest BCUT2D eigenvalue weighted by molar-refractivity contribution is 5.46. The van der Waals surface area contributed by atoms with Gasteiger partial charge in [-0.1, -0.05) is 18.1 Å². The van der Waals surface area contributed by atoms with Crippen molar-refractivity contribution in [2.24, 2.45) is 10.2 Å². The molecule has 0 N–H and O–H groups in total. The van der Waals surface area contributed by atoms with E-state index in [9.17, 15) is 0 Å². The normalized spacial score (nSPS) is 10.2. The molecule has 1 aromatic carbocycles. The van der Waals surface area contributed by atoms with Crippen molar-refractivity contribution in [2.45, 2.75) is 0 Å². The number of rotatable bonds is 2. The van der Waals surface area contributed by atoms with Gasteiger partial charge in [-0.3, -0.25) is 0 Å². The molecule has 0 bridgehead atoms. The van der Waals surface area contributed by atoms with E-state index in [0.717, 1.165) is 16.9 Å². The molecule has 0 radical (unpaired) electrons. The third-order valence-corrected chi connectivity index (χ3v) is 2.78. The maximum atomic E-state index is 4.16. The molecule has 2 heterocycles. The zero-order chi connectivity index (χ0) is 15.0. The molecule has 0 amide bonds. The first-order valence-corrected chi connectivity index (χ1v) is 6.76. The molecule has 0 saturated heterocycles. The highest BCUT2D eigenvalue weighted by Crippen LogP contribution is 2.16. The summed E-state index contributed by atoms with van der Waals surface area (Å²) in [6.07, 6.45) is 3.41. The van der Waals surface area contributed by atoms with Gasteiger partial charge in [0.1, 0.15) is 5.69 Å². The first-order chi connectivity index (χ1) is 10.9. The SMILES string of the molecule is C(#Cc1ccccn1)c1ccc(N=Nc2ccccn2)cc1. The van der Waals surface area contributed by atoms with Crippen LogP contribution in [0.4, 0.5) is 11.5 Å². The van der Waals surface area contributed by atoms with E-state index in [1.54, 1.807) is 18.5 Å². The van der Waals surface area contributed by atoms with Crippen LogP contribution in [0, 0.1) is 11.8 Å². The van der Waals surface area contributed by atoms with E-state index in [2.05, 4.69) is 32.0 Å². The van der Waals surface area contributed by atoms with Crippen molar-refractivity contribution in [3.05, 3.63) is 84.3 Å². The van der Waals surface area contributed by atoms with Crippen molar-refractivity contribution in [2.75, 3.05) is 0 Å². The van der Waals surface area contributed by atoms with Gasteiger partial charge in [0.05, 0.1) is 5.69 Å². The van der Waals surface area contributed by atoms with Crippen molar-refractivity contribution < 1.29 is 0 Å². The van der Waals surface area contributed by atoms with Gasteiger partial charge in [-0.2, -0.15) is 0 Å². The summed E-state index contributed by atoms with van der Waals surface area (Å²) in [5.41, 5.74) is 2.41. The largest absolute Gasteiger partial charge is 0.248 e. The lowest BCUT2D eigenvalue weighted by Gasteiger charge is -1.93. The summed E-state index contributed by atoms with van der Waals surface area (Å²) in [4.78, 5) is 8.24. The lowest BCUT2D eigenvalue weighted by atomic mass is 10.2. The Kier molecular flexibility index (Phi) is 4.29. The highest BCUT2D eigenvalue weighted by atomic mass is 15.1. The summed E-state index contributed by atoms with van der Waals surface area (Å²) in [6, 6.07) is 18.7. The summed E-state index contributed by atoms with van der Waals surface area (Å²) >= 11 is 0. The topological polar surface area (TPSA) is 50.5 Å². The molecule has 4 heteroatoms. The van der Waals surface area contributed by atoms with Crippen LogP contribution >= 0.6 is 0 Å². The van der Waals surface area contributed by atoms with Gasteiger partial charge in [0, 0.05) is 18.0 Å². The smallest absolute Gasteiger partial charge is 0.174 e. The van der Waals surface area contributed by atoms with Gasteiger partial charge in [-0.05, 0) is 54.5 Å². The number of benzene rings is 1. The molecule has 104 valence electrons. The van der Waals surface area contributed by atoms with Crippen LogP contribution in [-0.4, -0.2) is 9.97 Å². The van der Waals surface area contributed by atoms with E-state index in [0.29, 0.717) is 5.82 Å². The Labute approximate surface area is 128 Å². The summed E-state index contributed by atoms with van der Waals surface area (Å²) in [5.74, 6) is 6.66. The van der Waals surface area contributed by atoms with Crippen LogP contribution in [0.2, 0.25) is 0 Å². The molecule has 4 nitrogen and oxygen atoms in total. The first-order valence-electron chi connectivity index (χ1n) is 6.76. The minimum atomic E-state index is 0.585. The van der Waals surface area contributed by atoms with E-state index in [1.165, 1.54) is 0 Å². The van der Waals surface area contributed by atoms with Gasteiger partial charge >= 0.3 is 0 Å². The average molecular weight is 284 g/mol. The third kappa shape index (κ3) is 3.84. The van der Waals surface area contributed by atoms with E-state index >= 15 is 0 Å². The van der Waals surface area contributed by atoms with Crippen LogP contribution in [0.15, 0.2) is 83.3 Å². The number of pyridine rings is 2. The van der Waals surface area contributed by atoms with E-state index in [4.69, 9.17) is 0 Å². The molecule has 0 spiro atoms. The van der Waals surface area contributed by atoms with Gasteiger partial charge in [0.25, 0.3) is 0 Å². The second kappa shape index (κ2) is 6.91. The molecular weight excluding hydrogens is 272 g/mol. The van der Waals surface area contributed by atoms with Crippen LogP contribution in [0.3, 0.4) is 0 Å². The maximum Gasteiger partial charge on any atom is 0.174 e. The zero-order valence-corrected chi connectivity index (χ0v) is 11.7. The van der Waals surface area contributed by atoms with Gasteiger partial charge in [-0.15, -0.1) is 10.2 Å². The van der Waals surface area contributed by atoms with Gasteiger partial charge in [-0.25, -0.2) is 9.97 Å². The lowest BCUT2D eigenvalue weighted by molar-refractivity contribution is 1.15. The summed E-state index contributed by atoms with van der Waals surface area (Å²) in [6.45, 7) is 0. The van der Waals surface area contributed by atoms with Crippen LogP contribution < -0.4 is 0 Å². The molecule has 0 aliphatic rings. The van der Waals surface area contributed by atoms with Crippen molar-refractivity contribution in [3.63, 3.8) is 0 Å². The molecule has 3 aromatic rings. The minimum absolute atomic E-state index is 0.585. The molecule has 2 aromatic heterocycles. The molecule has 0 fully saturated rings. The Morgan fingerprint density at radius 3 is 2.14 bits per heavy atom. The van der Waals surface area contributed by atoms with Crippen LogP contribution in [0.5, 0.6) is 0 Å². The van der Waals surface area contributed by atoms with Crippen molar-refractivity contribution in [1.29, 1.82) is 0 Å². The Balaban J connectivity index is 1.71. The standard InChI is InChI=1S/C18H12N4/c1-3-13-19-16(5-1)10-7-15-8-11-17(12-9-15)21-22-18-6-2-4-14-20-18/h1-6,8-9,11-14H. The predicted octanol–water partition coefficient (Wildman–Crippen LogP) is 4.29. The summed E-state index contributed by atoms with van der Waals surface area (Å²) < 4.78 is 0. The summed E-state index contributed by atoms with van der Waals surface area (Å²) in [7, 11) is 0. The second-order valence-corrected chi connectivity index (χ2v) is 4.40. The first kappa shape index (κ1) is 13.7. The fourth-order valence-electron chi connectivity index (χ4n) is 1.71. The number of nitrogens with zero attached hydrogens (tertiary/aromatic N) is 4. The predicted molar refractivity (Wildman–Crippen MR) is 85.1 cm³/mol. The maximum absolute atomic E-state index is 4.16. The van der Waals surface area contributed by atoms with Gasteiger partial charge in [0.2, 0.25) is 0 Å². The number of aromatic nitrogens is 2. The Morgan fingerprint density at radius 2 is 1.45 bits per heavy atom. The third-order valence-electron chi connectivity index (χ3n) is 2.78. The molecule has 0 aliphatic carbocycles. The zero-order valence-electron chi connectivity index (χ0n) is 11.7. The van der Waals surface area contributed by atoms with Crippen molar-refractivity contribution >= 4 is 11.5 Å².